The predicted octanol–water partition coefficient (Wildman–Crippen LogP) is 5.56. The molecule has 3 aromatic rings. The number of carbonyl (C=O) groups is 3. The number of pyridine rings is 1. The molecule has 10 nitrogen and oxygen atoms in total. The van der Waals surface area contributed by atoms with Gasteiger partial charge in [0.05, 0.1) is 24.6 Å². The second-order valence-corrected chi connectivity index (χ2v) is 13.8. The van der Waals surface area contributed by atoms with E-state index in [1.165, 1.54) is 24.5 Å². The molecule has 3 heterocycles. The summed E-state index contributed by atoms with van der Waals surface area (Å²) in [5, 5.41) is 15.8. The first kappa shape index (κ1) is 31.9. The van der Waals surface area contributed by atoms with Crippen molar-refractivity contribution in [3.8, 4) is 22.2 Å². The number of halogens is 1. The lowest BCUT2D eigenvalue weighted by atomic mass is 9.93. The van der Waals surface area contributed by atoms with E-state index in [0.717, 1.165) is 25.0 Å². The lowest BCUT2D eigenvalue weighted by molar-refractivity contribution is -0.145. The average Bonchev–Trinajstić information content (AvgIpc) is 3.33. The van der Waals surface area contributed by atoms with E-state index < -0.39 is 41.2 Å². The minimum absolute atomic E-state index is 0.0425. The van der Waals surface area contributed by atoms with Gasteiger partial charge >= 0.3 is 5.97 Å². The van der Waals surface area contributed by atoms with Gasteiger partial charge in [0.25, 0.3) is 0 Å². The van der Waals surface area contributed by atoms with Crippen LogP contribution in [0.1, 0.15) is 64.0 Å². The van der Waals surface area contributed by atoms with Crippen molar-refractivity contribution in [3.05, 3.63) is 47.2 Å². The Kier molecular flexibility index (Phi) is 8.75. The van der Waals surface area contributed by atoms with Gasteiger partial charge in [0.2, 0.25) is 11.8 Å². The molecule has 2 saturated carbocycles. The van der Waals surface area contributed by atoms with Crippen molar-refractivity contribution in [3.63, 3.8) is 0 Å². The van der Waals surface area contributed by atoms with Crippen LogP contribution in [0.4, 0.5) is 4.39 Å². The molecule has 46 heavy (non-hydrogen) atoms. The molecule has 0 spiro atoms. The van der Waals surface area contributed by atoms with Crippen LogP contribution in [0.5, 0.6) is 11.5 Å². The number of rotatable bonds is 6. The first-order chi connectivity index (χ1) is 22.0. The van der Waals surface area contributed by atoms with Crippen LogP contribution in [0.25, 0.3) is 21.6 Å². The SMILES string of the molecule is COc1ccc2c(OC3CC4C(=O)NC5(C(=O)O)CC5/C=C/CCCCN(C)C(=O)C4C3)cc(-c3nc(C(C)C)cs3)nc2c1F. The monoisotopic (exact) mass is 650 g/mol. The maximum absolute atomic E-state index is 15.6. The Morgan fingerprint density at radius 1 is 1.17 bits per heavy atom. The molecule has 6 rings (SSSR count). The molecule has 1 aromatic carbocycles. The summed E-state index contributed by atoms with van der Waals surface area (Å²) < 4.78 is 27.4. The first-order valence-electron chi connectivity index (χ1n) is 15.8. The molecule has 0 bridgehead atoms. The number of nitrogens with one attached hydrogen (secondary N) is 1. The fourth-order valence-corrected chi connectivity index (χ4v) is 7.55. The highest BCUT2D eigenvalue weighted by molar-refractivity contribution is 7.13. The number of aromatic nitrogens is 2. The van der Waals surface area contributed by atoms with Crippen molar-refractivity contribution in [2.45, 2.75) is 69.9 Å². The van der Waals surface area contributed by atoms with Gasteiger partial charge in [0.1, 0.15) is 33.6 Å². The van der Waals surface area contributed by atoms with Crippen LogP contribution >= 0.6 is 11.3 Å². The number of fused-ring (bicyclic) bond motifs is 3. The molecule has 12 heteroatoms. The van der Waals surface area contributed by atoms with Gasteiger partial charge in [-0.3, -0.25) is 9.59 Å². The van der Waals surface area contributed by atoms with Gasteiger partial charge in [-0.05, 0) is 56.6 Å². The van der Waals surface area contributed by atoms with Crippen molar-refractivity contribution < 1.29 is 33.4 Å². The molecule has 2 N–H and O–H groups in total. The van der Waals surface area contributed by atoms with E-state index in [-0.39, 0.29) is 41.9 Å². The number of methoxy groups -OCH3 is 1. The zero-order valence-corrected chi connectivity index (χ0v) is 27.2. The van der Waals surface area contributed by atoms with Crippen LogP contribution in [0.15, 0.2) is 35.7 Å². The molecule has 5 atom stereocenters. The third-order valence-electron chi connectivity index (χ3n) is 9.47. The standard InChI is InChI=1S/C34H39FN4O6S/c1-18(2)25-17-46-31(37-25)24-15-27(21-10-11-26(44-4)28(35)29(21)36-24)45-20-13-22-23(14-20)32(41)39(3)12-8-6-5-7-9-19-16-34(19,33(42)43)38-30(22)40/h7,9-11,15,17-20,22-23H,5-6,8,12-14,16H2,1-4H3,(H,38,40)(H,42,43)/b9-7+. The average molecular weight is 651 g/mol. The zero-order chi connectivity index (χ0) is 32.7. The molecule has 5 unspecified atom stereocenters. The van der Waals surface area contributed by atoms with Crippen LogP contribution in [0.3, 0.4) is 0 Å². The second kappa shape index (κ2) is 12.6. The van der Waals surface area contributed by atoms with Gasteiger partial charge in [0.15, 0.2) is 11.6 Å². The summed E-state index contributed by atoms with van der Waals surface area (Å²) in [5.41, 5.74) is 0.0295. The Balaban J connectivity index is 1.35. The molecule has 2 fully saturated rings. The number of amides is 2. The summed E-state index contributed by atoms with van der Waals surface area (Å²) in [5.74, 6) is -3.53. The Labute approximate surface area is 271 Å². The lowest BCUT2D eigenvalue weighted by Gasteiger charge is -2.26. The maximum Gasteiger partial charge on any atom is 0.330 e. The predicted molar refractivity (Wildman–Crippen MR) is 171 cm³/mol. The topological polar surface area (TPSA) is 131 Å². The van der Waals surface area contributed by atoms with Crippen LogP contribution in [0, 0.1) is 23.6 Å². The lowest BCUT2D eigenvalue weighted by Crippen LogP contribution is -2.49. The third kappa shape index (κ3) is 5.94. The number of thiazole rings is 1. The van der Waals surface area contributed by atoms with Gasteiger partial charge < -0.3 is 24.8 Å². The number of carboxylic acid groups (broad SMARTS) is 1. The molecule has 2 aliphatic carbocycles. The van der Waals surface area contributed by atoms with Gasteiger partial charge in [-0.1, -0.05) is 26.0 Å². The minimum Gasteiger partial charge on any atom is -0.494 e. The summed E-state index contributed by atoms with van der Waals surface area (Å²) in [7, 11) is 3.12. The summed E-state index contributed by atoms with van der Waals surface area (Å²) >= 11 is 1.41. The third-order valence-corrected chi connectivity index (χ3v) is 10.4. The second-order valence-electron chi connectivity index (χ2n) is 12.9. The highest BCUT2D eigenvalue weighted by atomic mass is 32.1. The summed E-state index contributed by atoms with van der Waals surface area (Å²) in [6.07, 6.45) is 6.47. The molecule has 2 amide bonds. The van der Waals surface area contributed by atoms with E-state index in [1.807, 2.05) is 31.4 Å². The number of nitrogens with zero attached hydrogens (tertiary/aromatic N) is 3. The fourth-order valence-electron chi connectivity index (χ4n) is 6.61. The molecular weight excluding hydrogens is 611 g/mol. The first-order valence-corrected chi connectivity index (χ1v) is 16.7. The number of carbonyl (C=O) groups excluding carboxylic acids is 2. The van der Waals surface area contributed by atoms with Crippen molar-refractivity contribution >= 4 is 40.0 Å². The van der Waals surface area contributed by atoms with Crippen LogP contribution in [0.2, 0.25) is 0 Å². The van der Waals surface area contributed by atoms with Gasteiger partial charge in [-0.2, -0.15) is 0 Å². The summed E-state index contributed by atoms with van der Waals surface area (Å²) in [6, 6.07) is 4.92. The van der Waals surface area contributed by atoms with E-state index in [9.17, 15) is 19.5 Å². The van der Waals surface area contributed by atoms with Gasteiger partial charge in [-0.25, -0.2) is 19.2 Å². The highest BCUT2D eigenvalue weighted by Gasteiger charge is 2.61. The van der Waals surface area contributed by atoms with Crippen LogP contribution < -0.4 is 14.8 Å². The maximum atomic E-state index is 15.6. The Morgan fingerprint density at radius 3 is 2.67 bits per heavy atom. The molecular formula is C34H39FN4O6S. The van der Waals surface area contributed by atoms with E-state index in [1.54, 1.807) is 24.1 Å². The molecule has 244 valence electrons. The normalized spacial score (nSPS) is 27.5. The van der Waals surface area contributed by atoms with E-state index >= 15 is 4.39 Å². The van der Waals surface area contributed by atoms with Gasteiger partial charge in [-0.15, -0.1) is 11.3 Å². The number of benzene rings is 1. The number of carboxylic acids is 1. The molecule has 3 aliphatic rings. The summed E-state index contributed by atoms with van der Waals surface area (Å²) in [6.45, 7) is 4.64. The molecule has 2 aromatic heterocycles. The van der Waals surface area contributed by atoms with E-state index in [4.69, 9.17) is 14.5 Å². The van der Waals surface area contributed by atoms with Crippen LogP contribution in [-0.4, -0.2) is 70.1 Å². The van der Waals surface area contributed by atoms with Crippen molar-refractivity contribution in [1.82, 2.24) is 20.2 Å². The largest absolute Gasteiger partial charge is 0.494 e. The van der Waals surface area contributed by atoms with Crippen molar-refractivity contribution in [2.75, 3.05) is 20.7 Å². The van der Waals surface area contributed by atoms with E-state index in [2.05, 4.69) is 10.3 Å². The molecule has 0 radical (unpaired) electrons. The van der Waals surface area contributed by atoms with Crippen LogP contribution in [-0.2, 0) is 14.4 Å². The van der Waals surface area contributed by atoms with Gasteiger partial charge in [0, 0.05) is 36.3 Å². The smallest absolute Gasteiger partial charge is 0.330 e. The Hall–Kier alpha value is -4.06. The Morgan fingerprint density at radius 2 is 1.96 bits per heavy atom. The number of ether oxygens (including phenoxy) is 2. The molecule has 1 aliphatic heterocycles. The van der Waals surface area contributed by atoms with Crippen molar-refractivity contribution in [1.29, 1.82) is 0 Å². The number of hydrogen-bond acceptors (Lipinski definition) is 8. The number of hydrogen-bond donors (Lipinski definition) is 2. The Bertz CT molecular complexity index is 1710. The number of aliphatic carboxylic acids is 1. The zero-order valence-electron chi connectivity index (χ0n) is 26.4. The summed E-state index contributed by atoms with van der Waals surface area (Å²) in [4.78, 5) is 50.8. The minimum atomic E-state index is -1.37. The quantitative estimate of drug-likeness (QED) is 0.332. The van der Waals surface area contributed by atoms with Crippen molar-refractivity contribution in [2.24, 2.45) is 17.8 Å². The molecule has 0 saturated heterocycles. The fraction of sp³-hybridized carbons (Fsp3) is 0.500. The van der Waals surface area contributed by atoms with E-state index in [0.29, 0.717) is 34.8 Å². The number of allylic oxidation sites excluding steroid dienone is 1. The highest BCUT2D eigenvalue weighted by Crippen LogP contribution is 2.47.